The van der Waals surface area contributed by atoms with E-state index in [2.05, 4.69) is 48.7 Å². The number of hydrogen-bond donors (Lipinski definition) is 2. The molecule has 2 aliphatic carbocycles. The highest BCUT2D eigenvalue weighted by atomic mass is 16.5. The van der Waals surface area contributed by atoms with E-state index in [0.29, 0.717) is 6.41 Å². The van der Waals surface area contributed by atoms with Gasteiger partial charge in [-0.15, -0.1) is 0 Å². The molecule has 1 saturated carbocycles. The standard InChI is InChI=1S/C26H32N2O4/c1-17(2)32-21-9-11-26(12-10-21)15-20-8-7-19(18-5-4-6-22(13-18)31-3)14-23(20)24(26)28-25(30)27-16-29/h4-8,13-14,16-17,21,24H,9-12,15H2,1-3H3,(H2,27,28,29,30). The van der Waals surface area contributed by atoms with Crippen LogP contribution in [0.1, 0.15) is 56.7 Å². The second kappa shape index (κ2) is 9.33. The van der Waals surface area contributed by atoms with E-state index >= 15 is 0 Å². The molecule has 1 unspecified atom stereocenters. The molecule has 2 aromatic carbocycles. The number of imide groups is 1. The zero-order valence-corrected chi connectivity index (χ0v) is 19.0. The molecule has 170 valence electrons. The van der Waals surface area contributed by atoms with Gasteiger partial charge in [0.25, 0.3) is 0 Å². The van der Waals surface area contributed by atoms with E-state index < -0.39 is 6.03 Å². The van der Waals surface area contributed by atoms with Crippen LogP contribution in [0.15, 0.2) is 42.5 Å². The van der Waals surface area contributed by atoms with Crippen LogP contribution in [0.3, 0.4) is 0 Å². The van der Waals surface area contributed by atoms with E-state index in [1.165, 1.54) is 5.56 Å². The van der Waals surface area contributed by atoms with Crippen LogP contribution in [0.4, 0.5) is 4.79 Å². The summed E-state index contributed by atoms with van der Waals surface area (Å²) in [7, 11) is 1.66. The minimum Gasteiger partial charge on any atom is -0.497 e. The first kappa shape index (κ1) is 22.3. The van der Waals surface area contributed by atoms with E-state index in [9.17, 15) is 9.59 Å². The summed E-state index contributed by atoms with van der Waals surface area (Å²) in [4.78, 5) is 23.2. The third kappa shape index (κ3) is 4.51. The summed E-state index contributed by atoms with van der Waals surface area (Å²) in [5, 5.41) is 5.36. The Labute approximate surface area is 189 Å². The van der Waals surface area contributed by atoms with Gasteiger partial charge in [0, 0.05) is 0 Å². The Morgan fingerprint density at radius 3 is 2.56 bits per heavy atom. The van der Waals surface area contributed by atoms with Crippen molar-refractivity contribution >= 4 is 12.4 Å². The molecule has 0 saturated heterocycles. The Kier molecular flexibility index (Phi) is 6.51. The van der Waals surface area contributed by atoms with E-state index in [0.717, 1.165) is 54.5 Å². The lowest BCUT2D eigenvalue weighted by atomic mass is 9.68. The van der Waals surface area contributed by atoms with Crippen LogP contribution >= 0.6 is 0 Å². The van der Waals surface area contributed by atoms with E-state index in [-0.39, 0.29) is 23.7 Å². The normalized spacial score (nSPS) is 24.2. The van der Waals surface area contributed by atoms with Gasteiger partial charge in [-0.1, -0.05) is 24.3 Å². The predicted octanol–water partition coefficient (Wildman–Crippen LogP) is 4.77. The van der Waals surface area contributed by atoms with E-state index in [4.69, 9.17) is 9.47 Å². The fraction of sp³-hybridized carbons (Fsp3) is 0.462. The van der Waals surface area contributed by atoms with Gasteiger partial charge in [0.15, 0.2) is 0 Å². The van der Waals surface area contributed by atoms with E-state index in [1.807, 2.05) is 18.2 Å². The summed E-state index contributed by atoms with van der Waals surface area (Å²) in [6.07, 6.45) is 5.72. The number of amides is 3. The molecule has 1 atom stereocenters. The lowest BCUT2D eigenvalue weighted by Gasteiger charge is -2.42. The van der Waals surface area contributed by atoms with E-state index in [1.54, 1.807) is 7.11 Å². The number of hydrogen-bond acceptors (Lipinski definition) is 4. The number of fused-ring (bicyclic) bond motifs is 1. The molecule has 1 fully saturated rings. The van der Waals surface area contributed by atoms with Gasteiger partial charge < -0.3 is 14.8 Å². The van der Waals surface area contributed by atoms with Gasteiger partial charge in [-0.25, -0.2) is 4.79 Å². The second-order valence-corrected chi connectivity index (χ2v) is 9.24. The summed E-state index contributed by atoms with van der Waals surface area (Å²) in [6.45, 7) is 4.15. The van der Waals surface area contributed by atoms with Crippen LogP contribution in [-0.4, -0.2) is 31.8 Å². The quantitative estimate of drug-likeness (QED) is 0.640. The summed E-state index contributed by atoms with van der Waals surface area (Å²) in [5.74, 6) is 0.808. The Bertz CT molecular complexity index is 980. The largest absolute Gasteiger partial charge is 0.497 e. The van der Waals surface area contributed by atoms with Crippen LogP contribution in [0.2, 0.25) is 0 Å². The number of urea groups is 1. The number of nitrogens with one attached hydrogen (secondary N) is 2. The van der Waals surface area contributed by atoms with Crippen molar-refractivity contribution in [2.45, 2.75) is 64.2 Å². The molecule has 0 bridgehead atoms. The Morgan fingerprint density at radius 2 is 1.88 bits per heavy atom. The van der Waals surface area contributed by atoms with Gasteiger partial charge in [0.05, 0.1) is 25.4 Å². The SMILES string of the molecule is COc1cccc(-c2ccc3c(c2)C(NC(=O)NC=O)C2(CCC(OC(C)C)CC2)C3)c1. The molecule has 0 heterocycles. The van der Waals surface area contributed by atoms with Gasteiger partial charge in [-0.05, 0) is 91.8 Å². The minimum atomic E-state index is -0.454. The first-order chi connectivity index (χ1) is 15.4. The molecular weight excluding hydrogens is 404 g/mol. The van der Waals surface area contributed by atoms with Gasteiger partial charge >= 0.3 is 6.03 Å². The maximum Gasteiger partial charge on any atom is 0.321 e. The van der Waals surface area contributed by atoms with Gasteiger partial charge in [0.1, 0.15) is 5.75 Å². The zero-order valence-electron chi connectivity index (χ0n) is 19.0. The van der Waals surface area contributed by atoms with Crippen LogP contribution in [0.5, 0.6) is 5.75 Å². The fourth-order valence-corrected chi connectivity index (χ4v) is 5.43. The highest BCUT2D eigenvalue weighted by Crippen LogP contribution is 2.55. The monoisotopic (exact) mass is 436 g/mol. The van der Waals surface area contributed by atoms with Crippen LogP contribution in [0, 0.1) is 5.41 Å². The van der Waals surface area contributed by atoms with Crippen molar-refractivity contribution in [3.63, 3.8) is 0 Å². The van der Waals surface area contributed by atoms with Crippen LogP contribution in [0.25, 0.3) is 11.1 Å². The van der Waals surface area contributed by atoms with Gasteiger partial charge in [-0.2, -0.15) is 0 Å². The molecule has 0 aromatic heterocycles. The molecule has 32 heavy (non-hydrogen) atoms. The number of carbonyl (C=O) groups excluding carboxylic acids is 2. The van der Waals surface area contributed by atoms with Crippen molar-refractivity contribution in [1.29, 1.82) is 0 Å². The number of ether oxygens (including phenoxy) is 2. The molecule has 2 aliphatic rings. The van der Waals surface area contributed by atoms with Gasteiger partial charge in [-0.3, -0.25) is 10.1 Å². The number of methoxy groups -OCH3 is 1. The third-order valence-electron chi connectivity index (χ3n) is 6.87. The van der Waals surface area contributed by atoms with Crippen molar-refractivity contribution < 1.29 is 19.1 Å². The van der Waals surface area contributed by atoms with Crippen molar-refractivity contribution in [1.82, 2.24) is 10.6 Å². The maximum absolute atomic E-state index is 12.4. The number of rotatable bonds is 6. The molecule has 4 rings (SSSR count). The maximum atomic E-state index is 12.4. The highest BCUT2D eigenvalue weighted by Gasteiger charge is 2.48. The van der Waals surface area contributed by atoms with Crippen molar-refractivity contribution in [3.8, 4) is 16.9 Å². The Morgan fingerprint density at radius 1 is 1.12 bits per heavy atom. The Balaban J connectivity index is 1.65. The summed E-state index contributed by atoms with van der Waals surface area (Å²) in [5.41, 5.74) is 4.48. The average Bonchev–Trinajstić information content (AvgIpc) is 3.07. The zero-order chi connectivity index (χ0) is 22.7. The summed E-state index contributed by atoms with van der Waals surface area (Å²) < 4.78 is 11.5. The molecule has 0 aliphatic heterocycles. The number of carbonyl (C=O) groups is 2. The van der Waals surface area contributed by atoms with Gasteiger partial charge in [0.2, 0.25) is 6.41 Å². The van der Waals surface area contributed by atoms with Crippen molar-refractivity contribution in [2.75, 3.05) is 7.11 Å². The molecule has 2 aromatic rings. The molecule has 6 nitrogen and oxygen atoms in total. The van der Waals surface area contributed by atoms with Crippen molar-refractivity contribution in [3.05, 3.63) is 53.6 Å². The summed E-state index contributed by atoms with van der Waals surface area (Å²) in [6, 6.07) is 13.9. The minimum absolute atomic E-state index is 0.0631. The first-order valence-electron chi connectivity index (χ1n) is 11.4. The molecule has 3 amide bonds. The second-order valence-electron chi connectivity index (χ2n) is 9.24. The number of benzene rings is 2. The Hall–Kier alpha value is -2.86. The molecule has 0 radical (unpaired) electrons. The molecular formula is C26H32N2O4. The lowest BCUT2D eigenvalue weighted by Crippen LogP contribution is -2.45. The highest BCUT2D eigenvalue weighted by molar-refractivity contribution is 5.85. The predicted molar refractivity (Wildman–Crippen MR) is 124 cm³/mol. The fourth-order valence-electron chi connectivity index (χ4n) is 5.43. The molecule has 2 N–H and O–H groups in total. The molecule has 6 heteroatoms. The topological polar surface area (TPSA) is 76.7 Å². The smallest absolute Gasteiger partial charge is 0.321 e. The van der Waals surface area contributed by atoms with Crippen molar-refractivity contribution in [2.24, 2.45) is 5.41 Å². The third-order valence-corrected chi connectivity index (χ3v) is 6.87. The first-order valence-corrected chi connectivity index (χ1v) is 11.4. The van der Waals surface area contributed by atoms with Crippen LogP contribution < -0.4 is 15.4 Å². The average molecular weight is 437 g/mol. The molecule has 1 spiro atoms. The van der Waals surface area contributed by atoms with Crippen LogP contribution in [-0.2, 0) is 16.0 Å². The summed E-state index contributed by atoms with van der Waals surface area (Å²) >= 11 is 0. The lowest BCUT2D eigenvalue weighted by molar-refractivity contribution is -0.108.